The second-order valence-corrected chi connectivity index (χ2v) is 5.63. The third-order valence-corrected chi connectivity index (χ3v) is 3.84. The van der Waals surface area contributed by atoms with E-state index in [9.17, 15) is 0 Å². The Labute approximate surface area is 134 Å². The highest BCUT2D eigenvalue weighted by molar-refractivity contribution is 9.10. The van der Waals surface area contributed by atoms with Crippen LogP contribution in [0, 0.1) is 0 Å². The molecule has 0 amide bonds. The number of hydrogen-bond acceptors (Lipinski definition) is 3. The number of ether oxygens (including phenoxy) is 3. The Kier molecular flexibility index (Phi) is 10.3. The average Bonchev–Trinajstić information content (AvgIpc) is 2.47. The Hall–Kier alpha value is -0.130. The molecule has 1 unspecified atom stereocenters. The highest BCUT2D eigenvalue weighted by atomic mass is 79.9. The maximum absolute atomic E-state index is 6.03. The SMILES string of the molecule is COCCOCCOCCC(CCl)c1ccc(Br)cc1. The van der Waals surface area contributed by atoms with Gasteiger partial charge in [-0.25, -0.2) is 0 Å². The Morgan fingerprint density at radius 2 is 1.60 bits per heavy atom. The molecule has 0 bridgehead atoms. The molecular formula is C15H22BrClO3. The molecule has 3 nitrogen and oxygen atoms in total. The van der Waals surface area contributed by atoms with Gasteiger partial charge in [0, 0.05) is 24.1 Å². The lowest BCUT2D eigenvalue weighted by Crippen LogP contribution is -2.11. The number of hydrogen-bond donors (Lipinski definition) is 0. The smallest absolute Gasteiger partial charge is 0.0701 e. The molecule has 0 aliphatic heterocycles. The first-order valence-corrected chi connectivity index (χ1v) is 8.06. The molecule has 0 aromatic heterocycles. The highest BCUT2D eigenvalue weighted by Gasteiger charge is 2.10. The molecule has 0 saturated heterocycles. The molecule has 114 valence electrons. The van der Waals surface area contributed by atoms with Crippen LogP contribution in [0.25, 0.3) is 0 Å². The van der Waals surface area contributed by atoms with Crippen LogP contribution in [-0.2, 0) is 14.2 Å². The van der Waals surface area contributed by atoms with Crippen molar-refractivity contribution in [2.75, 3.05) is 46.0 Å². The Bertz CT molecular complexity index is 345. The van der Waals surface area contributed by atoms with E-state index >= 15 is 0 Å². The first kappa shape index (κ1) is 17.9. The molecule has 5 heteroatoms. The van der Waals surface area contributed by atoms with Crippen LogP contribution in [-0.4, -0.2) is 46.0 Å². The fourth-order valence-corrected chi connectivity index (χ4v) is 2.35. The van der Waals surface area contributed by atoms with E-state index < -0.39 is 0 Å². The summed E-state index contributed by atoms with van der Waals surface area (Å²) < 4.78 is 16.9. The minimum atomic E-state index is 0.333. The van der Waals surface area contributed by atoms with Crippen molar-refractivity contribution in [3.63, 3.8) is 0 Å². The molecule has 1 atom stereocenters. The van der Waals surface area contributed by atoms with E-state index in [4.69, 9.17) is 25.8 Å². The Balaban J connectivity index is 2.14. The lowest BCUT2D eigenvalue weighted by atomic mass is 9.98. The predicted octanol–water partition coefficient (Wildman–Crippen LogP) is 3.84. The van der Waals surface area contributed by atoms with E-state index in [1.54, 1.807) is 7.11 Å². The van der Waals surface area contributed by atoms with Gasteiger partial charge in [0.25, 0.3) is 0 Å². The van der Waals surface area contributed by atoms with Crippen molar-refractivity contribution in [3.05, 3.63) is 34.3 Å². The van der Waals surface area contributed by atoms with Crippen LogP contribution in [0.2, 0.25) is 0 Å². The molecule has 0 N–H and O–H groups in total. The van der Waals surface area contributed by atoms with Gasteiger partial charge in [0.2, 0.25) is 0 Å². The summed E-state index contributed by atoms with van der Waals surface area (Å²) in [4.78, 5) is 0. The van der Waals surface area contributed by atoms with Crippen LogP contribution in [0.15, 0.2) is 28.7 Å². The molecule has 20 heavy (non-hydrogen) atoms. The van der Waals surface area contributed by atoms with Crippen molar-refractivity contribution in [3.8, 4) is 0 Å². The minimum absolute atomic E-state index is 0.333. The fraction of sp³-hybridized carbons (Fsp3) is 0.600. The number of methoxy groups -OCH3 is 1. The van der Waals surface area contributed by atoms with E-state index in [0.29, 0.717) is 44.8 Å². The summed E-state index contributed by atoms with van der Waals surface area (Å²) in [5.41, 5.74) is 1.25. The van der Waals surface area contributed by atoms with Gasteiger partial charge < -0.3 is 14.2 Å². The van der Waals surface area contributed by atoms with Crippen molar-refractivity contribution in [2.45, 2.75) is 12.3 Å². The van der Waals surface area contributed by atoms with Crippen molar-refractivity contribution >= 4 is 27.5 Å². The summed E-state index contributed by atoms with van der Waals surface area (Å²) in [7, 11) is 1.66. The van der Waals surface area contributed by atoms with Gasteiger partial charge in [0.05, 0.1) is 26.4 Å². The summed E-state index contributed by atoms with van der Waals surface area (Å²) in [6.45, 7) is 3.15. The second-order valence-electron chi connectivity index (χ2n) is 4.41. The largest absolute Gasteiger partial charge is 0.382 e. The molecule has 0 heterocycles. The number of halogens is 2. The van der Waals surface area contributed by atoms with Crippen molar-refractivity contribution in [1.29, 1.82) is 0 Å². The van der Waals surface area contributed by atoms with Crippen LogP contribution in [0.4, 0.5) is 0 Å². The molecule has 0 spiro atoms. The lowest BCUT2D eigenvalue weighted by molar-refractivity contribution is 0.0235. The van der Waals surface area contributed by atoms with Crippen LogP contribution in [0.1, 0.15) is 17.9 Å². The molecule has 1 aromatic carbocycles. The summed E-state index contributed by atoms with van der Waals surface area (Å²) in [5, 5.41) is 0. The molecule has 1 rings (SSSR count). The van der Waals surface area contributed by atoms with Gasteiger partial charge in [-0.3, -0.25) is 0 Å². The third-order valence-electron chi connectivity index (χ3n) is 2.94. The zero-order valence-electron chi connectivity index (χ0n) is 11.8. The van der Waals surface area contributed by atoms with Gasteiger partial charge in [-0.2, -0.15) is 0 Å². The second kappa shape index (κ2) is 11.5. The van der Waals surface area contributed by atoms with Gasteiger partial charge >= 0.3 is 0 Å². The van der Waals surface area contributed by atoms with Gasteiger partial charge in [0.1, 0.15) is 0 Å². The molecular weight excluding hydrogens is 344 g/mol. The number of alkyl halides is 1. The minimum Gasteiger partial charge on any atom is -0.382 e. The van der Waals surface area contributed by atoms with Crippen LogP contribution in [0.3, 0.4) is 0 Å². The maximum atomic E-state index is 6.03. The van der Waals surface area contributed by atoms with E-state index in [-0.39, 0.29) is 0 Å². The lowest BCUT2D eigenvalue weighted by Gasteiger charge is -2.14. The predicted molar refractivity (Wildman–Crippen MR) is 85.7 cm³/mol. The van der Waals surface area contributed by atoms with Crippen molar-refractivity contribution < 1.29 is 14.2 Å². The molecule has 0 saturated carbocycles. The maximum Gasteiger partial charge on any atom is 0.0701 e. The van der Waals surface area contributed by atoms with Crippen molar-refractivity contribution in [2.24, 2.45) is 0 Å². The van der Waals surface area contributed by atoms with E-state index in [1.807, 2.05) is 12.1 Å². The van der Waals surface area contributed by atoms with Gasteiger partial charge in [-0.15, -0.1) is 11.6 Å². The van der Waals surface area contributed by atoms with Crippen LogP contribution >= 0.6 is 27.5 Å². The zero-order valence-corrected chi connectivity index (χ0v) is 14.2. The normalized spacial score (nSPS) is 12.6. The third kappa shape index (κ3) is 7.60. The highest BCUT2D eigenvalue weighted by Crippen LogP contribution is 2.23. The van der Waals surface area contributed by atoms with Crippen molar-refractivity contribution in [1.82, 2.24) is 0 Å². The van der Waals surface area contributed by atoms with Crippen LogP contribution in [0.5, 0.6) is 0 Å². The van der Waals surface area contributed by atoms with Crippen LogP contribution < -0.4 is 0 Å². The van der Waals surface area contributed by atoms with E-state index in [0.717, 1.165) is 10.9 Å². The summed E-state index contributed by atoms with van der Waals surface area (Å²) in [6.07, 6.45) is 0.920. The monoisotopic (exact) mass is 364 g/mol. The average molecular weight is 366 g/mol. The van der Waals surface area contributed by atoms with Gasteiger partial charge in [0.15, 0.2) is 0 Å². The molecule has 0 aliphatic rings. The summed E-state index contributed by atoms with van der Waals surface area (Å²) >= 11 is 9.47. The zero-order chi connectivity index (χ0) is 14.6. The fourth-order valence-electron chi connectivity index (χ4n) is 1.76. The summed E-state index contributed by atoms with van der Waals surface area (Å²) in [5.74, 6) is 0.939. The standard InChI is InChI=1S/C15H22BrClO3/c1-18-8-9-20-11-10-19-7-6-14(12-17)13-2-4-15(16)5-3-13/h2-5,14H,6-12H2,1H3. The Morgan fingerprint density at radius 3 is 2.20 bits per heavy atom. The molecule has 0 aliphatic carbocycles. The van der Waals surface area contributed by atoms with E-state index in [2.05, 4.69) is 28.1 Å². The number of rotatable bonds is 11. The summed E-state index contributed by atoms with van der Waals surface area (Å²) in [6, 6.07) is 8.29. The van der Waals surface area contributed by atoms with Gasteiger partial charge in [-0.05, 0) is 30.0 Å². The number of benzene rings is 1. The molecule has 0 radical (unpaired) electrons. The quantitative estimate of drug-likeness (QED) is 0.440. The topological polar surface area (TPSA) is 27.7 Å². The first-order chi connectivity index (χ1) is 9.77. The van der Waals surface area contributed by atoms with E-state index in [1.165, 1.54) is 5.56 Å². The Morgan fingerprint density at radius 1 is 1.00 bits per heavy atom. The van der Waals surface area contributed by atoms with Gasteiger partial charge in [-0.1, -0.05) is 28.1 Å². The molecule has 0 fully saturated rings. The first-order valence-electron chi connectivity index (χ1n) is 6.73. The molecule has 1 aromatic rings.